The van der Waals surface area contributed by atoms with Crippen molar-refractivity contribution in [3.8, 4) is 39.9 Å². The van der Waals surface area contributed by atoms with Crippen LogP contribution in [0.25, 0.3) is 116 Å². The number of benzene rings is 6. The van der Waals surface area contributed by atoms with Crippen molar-refractivity contribution in [3.63, 3.8) is 0 Å². The van der Waals surface area contributed by atoms with Crippen molar-refractivity contribution in [2.45, 2.75) is 0 Å². The molecule has 0 fully saturated rings. The van der Waals surface area contributed by atoms with Gasteiger partial charge in [0.05, 0.1) is 17.2 Å². The molecule has 0 atom stereocenters. The maximum atomic E-state index is 6.26. The van der Waals surface area contributed by atoms with Crippen molar-refractivity contribution in [2.24, 2.45) is 0 Å². The smallest absolute Gasteiger partial charge is 0.238 e. The third-order valence-corrected chi connectivity index (χ3v) is 10.7. The molecule has 0 aliphatic carbocycles. The number of furan rings is 2. The summed E-state index contributed by atoms with van der Waals surface area (Å²) in [5, 5.41) is 8.40. The minimum atomic E-state index is 0.529. The lowest BCUT2D eigenvalue weighted by Crippen LogP contribution is -2.06. The van der Waals surface area contributed by atoms with Gasteiger partial charge in [-0.15, -0.1) is 0 Å². The van der Waals surface area contributed by atoms with Crippen molar-refractivity contribution in [1.29, 1.82) is 0 Å². The Labute approximate surface area is 312 Å². The van der Waals surface area contributed by atoms with Gasteiger partial charge in [-0.05, 0) is 76.5 Å². The van der Waals surface area contributed by atoms with Crippen molar-refractivity contribution in [3.05, 3.63) is 158 Å². The molecule has 0 aliphatic rings. The Hall–Kier alpha value is -7.71. The van der Waals surface area contributed by atoms with E-state index in [9.17, 15) is 0 Å². The van der Waals surface area contributed by atoms with E-state index in [4.69, 9.17) is 23.8 Å². The van der Waals surface area contributed by atoms with Gasteiger partial charge in [0.15, 0.2) is 17.2 Å². The van der Waals surface area contributed by atoms with Gasteiger partial charge in [0, 0.05) is 55.8 Å². The van der Waals surface area contributed by atoms with Crippen LogP contribution in [0, 0.1) is 0 Å². The number of para-hydroxylation sites is 2. The molecule has 6 aromatic carbocycles. The van der Waals surface area contributed by atoms with Crippen LogP contribution >= 0.6 is 0 Å². The van der Waals surface area contributed by atoms with Gasteiger partial charge in [-0.2, -0.15) is 9.97 Å². The Balaban J connectivity index is 1.12. The van der Waals surface area contributed by atoms with Crippen LogP contribution < -0.4 is 0 Å². The first-order chi connectivity index (χ1) is 27.3. The van der Waals surface area contributed by atoms with E-state index in [1.807, 2.05) is 30.3 Å². The van der Waals surface area contributed by atoms with E-state index in [0.29, 0.717) is 23.3 Å². The Morgan fingerprint density at radius 1 is 0.436 bits per heavy atom. The second-order valence-electron chi connectivity index (χ2n) is 13.7. The monoisotopic (exact) mass is 706 g/mol. The van der Waals surface area contributed by atoms with Crippen LogP contribution in [0.1, 0.15) is 0 Å². The lowest BCUT2D eigenvalue weighted by molar-refractivity contribution is 0.654. The van der Waals surface area contributed by atoms with E-state index in [1.165, 1.54) is 0 Å². The first kappa shape index (κ1) is 29.8. The number of rotatable bonds is 4. The van der Waals surface area contributed by atoms with Gasteiger partial charge in [-0.25, -0.2) is 9.97 Å². The molecule has 12 aromatic rings. The highest BCUT2D eigenvalue weighted by Gasteiger charge is 2.21. The van der Waals surface area contributed by atoms with Crippen molar-refractivity contribution in [1.82, 2.24) is 29.5 Å². The van der Waals surface area contributed by atoms with E-state index >= 15 is 0 Å². The second kappa shape index (κ2) is 11.4. The van der Waals surface area contributed by atoms with Crippen LogP contribution in [0.4, 0.5) is 0 Å². The van der Waals surface area contributed by atoms with Gasteiger partial charge >= 0.3 is 0 Å². The predicted molar refractivity (Wildman–Crippen MR) is 218 cm³/mol. The molecule has 0 amide bonds. The van der Waals surface area contributed by atoms with Gasteiger partial charge in [-0.3, -0.25) is 9.55 Å². The van der Waals surface area contributed by atoms with Crippen molar-refractivity contribution in [2.75, 3.05) is 0 Å². The van der Waals surface area contributed by atoms with E-state index in [2.05, 4.69) is 124 Å². The normalized spacial score (nSPS) is 12.0. The molecular formula is C47H26N6O2. The number of pyridine rings is 2. The fraction of sp³-hybridized carbons (Fsp3) is 0. The third kappa shape index (κ3) is 4.42. The van der Waals surface area contributed by atoms with Gasteiger partial charge in [0.1, 0.15) is 11.2 Å². The molecule has 0 N–H and O–H groups in total. The highest BCUT2D eigenvalue weighted by molar-refractivity contribution is 6.16. The maximum absolute atomic E-state index is 6.26. The van der Waals surface area contributed by atoms with Crippen LogP contribution in [0.2, 0.25) is 0 Å². The standard InChI is InChI=1S/C47H26N6O2/c1-2-10-29-28(9-1)30(35-13-7-17-40-43(35)37-14-8-23-49-46(37)55-40)20-21-36(29)45-50-44(27-18-19-33-34-22-24-48-26-42(34)54-41(33)25-27)51-47(52-45)53-38-15-5-3-11-31(38)32-12-4-6-16-39(32)53/h1-26H. The van der Waals surface area contributed by atoms with Gasteiger partial charge in [0.2, 0.25) is 11.7 Å². The zero-order valence-corrected chi connectivity index (χ0v) is 29.0. The molecule has 0 bridgehead atoms. The fourth-order valence-electron chi connectivity index (χ4n) is 8.24. The largest absolute Gasteiger partial charge is 0.454 e. The first-order valence-corrected chi connectivity index (χ1v) is 18.1. The second-order valence-corrected chi connectivity index (χ2v) is 13.7. The summed E-state index contributed by atoms with van der Waals surface area (Å²) in [4.78, 5) is 24.5. The number of aromatic nitrogens is 6. The summed E-state index contributed by atoms with van der Waals surface area (Å²) in [6.45, 7) is 0. The minimum Gasteiger partial charge on any atom is -0.454 e. The van der Waals surface area contributed by atoms with E-state index in [-0.39, 0.29) is 0 Å². The zero-order valence-electron chi connectivity index (χ0n) is 29.0. The molecule has 0 radical (unpaired) electrons. The van der Waals surface area contributed by atoms with E-state index < -0.39 is 0 Å². The molecule has 6 heterocycles. The van der Waals surface area contributed by atoms with Gasteiger partial charge in [0.25, 0.3) is 0 Å². The lowest BCUT2D eigenvalue weighted by atomic mass is 9.92. The highest BCUT2D eigenvalue weighted by atomic mass is 16.3. The van der Waals surface area contributed by atoms with Crippen LogP contribution in [0.15, 0.2) is 167 Å². The summed E-state index contributed by atoms with van der Waals surface area (Å²) in [6, 6.07) is 47.8. The molecule has 0 aliphatic heterocycles. The molecule has 55 heavy (non-hydrogen) atoms. The quantitative estimate of drug-likeness (QED) is 0.180. The molecule has 0 saturated heterocycles. The predicted octanol–water partition coefficient (Wildman–Crippen LogP) is 11.7. The molecular weight excluding hydrogens is 681 g/mol. The fourth-order valence-corrected chi connectivity index (χ4v) is 8.24. The number of hydrogen-bond donors (Lipinski definition) is 0. The van der Waals surface area contributed by atoms with Crippen molar-refractivity contribution >= 4 is 76.6 Å². The van der Waals surface area contributed by atoms with Gasteiger partial charge < -0.3 is 8.83 Å². The van der Waals surface area contributed by atoms with E-state index in [1.54, 1.807) is 18.6 Å². The molecule has 0 spiro atoms. The maximum Gasteiger partial charge on any atom is 0.238 e. The summed E-state index contributed by atoms with van der Waals surface area (Å²) in [6.07, 6.45) is 5.29. The molecule has 6 aromatic heterocycles. The molecule has 8 nitrogen and oxygen atoms in total. The molecule has 8 heteroatoms. The van der Waals surface area contributed by atoms with Crippen LogP contribution in [0.3, 0.4) is 0 Å². The summed E-state index contributed by atoms with van der Waals surface area (Å²) in [7, 11) is 0. The molecule has 256 valence electrons. The molecule has 12 rings (SSSR count). The minimum absolute atomic E-state index is 0.529. The average molecular weight is 707 g/mol. The topological polar surface area (TPSA) is 95.7 Å². The van der Waals surface area contributed by atoms with Gasteiger partial charge in [-0.1, -0.05) is 84.9 Å². The Bertz CT molecular complexity index is 3470. The molecule has 0 saturated carbocycles. The number of nitrogens with zero attached hydrogens (tertiary/aromatic N) is 6. The number of hydrogen-bond acceptors (Lipinski definition) is 7. The Morgan fingerprint density at radius 2 is 1.15 bits per heavy atom. The van der Waals surface area contributed by atoms with Crippen molar-refractivity contribution < 1.29 is 8.83 Å². The van der Waals surface area contributed by atoms with E-state index in [0.717, 1.165) is 93.1 Å². The summed E-state index contributed by atoms with van der Waals surface area (Å²) >= 11 is 0. The number of fused-ring (bicyclic) bond motifs is 10. The van der Waals surface area contributed by atoms with Crippen LogP contribution in [0.5, 0.6) is 0 Å². The van der Waals surface area contributed by atoms with Crippen LogP contribution in [-0.2, 0) is 0 Å². The summed E-state index contributed by atoms with van der Waals surface area (Å²) in [5.41, 5.74) is 8.80. The SMILES string of the molecule is c1cc(-c2ccc(-c3nc(-c4ccc5c(c4)oc4cnccc45)nc(-n4c5ccccc5c5ccccc54)n3)c3ccccc23)c2c(c1)oc1ncccc12. The Morgan fingerprint density at radius 3 is 1.98 bits per heavy atom. The first-order valence-electron chi connectivity index (χ1n) is 18.1. The molecule has 0 unspecified atom stereocenters. The summed E-state index contributed by atoms with van der Waals surface area (Å²) < 4.78 is 14.6. The average Bonchev–Trinajstić information content (AvgIpc) is 3.92. The van der Waals surface area contributed by atoms with Crippen LogP contribution in [-0.4, -0.2) is 29.5 Å². The third-order valence-electron chi connectivity index (χ3n) is 10.7. The Kier molecular flexibility index (Phi) is 6.18. The highest BCUT2D eigenvalue weighted by Crippen LogP contribution is 2.41. The summed E-state index contributed by atoms with van der Waals surface area (Å²) in [5.74, 6) is 1.63. The lowest BCUT2D eigenvalue weighted by Gasteiger charge is -2.14. The zero-order chi connectivity index (χ0) is 36.0.